The molecule has 1 fully saturated rings. The highest BCUT2D eigenvalue weighted by Crippen LogP contribution is 2.27. The topological polar surface area (TPSA) is 55.1 Å². The Balaban J connectivity index is 0.00000128. The lowest BCUT2D eigenvalue weighted by Gasteiger charge is -2.31. The fraction of sp³-hybridized carbons (Fsp3) is 0.545. The zero-order chi connectivity index (χ0) is 10.7. The number of rotatable bonds is 2. The Morgan fingerprint density at radius 3 is 2.62 bits per heavy atom. The van der Waals surface area contributed by atoms with Gasteiger partial charge in [-0.15, -0.1) is 12.4 Å². The van der Waals surface area contributed by atoms with E-state index in [1.54, 1.807) is 11.3 Å². The van der Waals surface area contributed by atoms with Gasteiger partial charge in [0.25, 0.3) is 0 Å². The highest BCUT2D eigenvalue weighted by molar-refractivity contribution is 7.08. The van der Waals surface area contributed by atoms with Gasteiger partial charge in [0.15, 0.2) is 0 Å². The van der Waals surface area contributed by atoms with E-state index in [-0.39, 0.29) is 18.3 Å². The van der Waals surface area contributed by atoms with E-state index in [2.05, 4.69) is 5.32 Å². The maximum Gasteiger partial charge on any atom is 0.244 e. The molecule has 0 atom stereocenters. The van der Waals surface area contributed by atoms with Crippen molar-refractivity contribution in [3.8, 4) is 0 Å². The molecule has 1 heterocycles. The van der Waals surface area contributed by atoms with Crippen LogP contribution in [0.15, 0.2) is 16.8 Å². The molecule has 1 aliphatic carbocycles. The average molecular weight is 261 g/mol. The number of hydrogen-bond donors (Lipinski definition) is 2. The molecule has 1 saturated carbocycles. The van der Waals surface area contributed by atoms with E-state index >= 15 is 0 Å². The first kappa shape index (κ1) is 13.5. The monoisotopic (exact) mass is 260 g/mol. The number of thiophene rings is 1. The maximum absolute atomic E-state index is 12.0. The summed E-state index contributed by atoms with van der Waals surface area (Å²) in [6.45, 7) is 0. The van der Waals surface area contributed by atoms with Crippen molar-refractivity contribution in [2.45, 2.75) is 37.6 Å². The molecule has 3 N–H and O–H groups in total. The third kappa shape index (κ3) is 2.97. The smallest absolute Gasteiger partial charge is 0.244 e. The quantitative estimate of drug-likeness (QED) is 0.859. The Kier molecular flexibility index (Phi) is 4.77. The van der Waals surface area contributed by atoms with Crippen molar-refractivity contribution in [2.75, 3.05) is 5.32 Å². The predicted octanol–water partition coefficient (Wildman–Crippen LogP) is 2.77. The van der Waals surface area contributed by atoms with Crippen molar-refractivity contribution in [1.82, 2.24) is 0 Å². The minimum Gasteiger partial charge on any atom is -0.324 e. The molecule has 3 nitrogen and oxygen atoms in total. The third-order valence-corrected chi connectivity index (χ3v) is 3.66. The summed E-state index contributed by atoms with van der Waals surface area (Å²) in [5.41, 5.74) is 6.33. The van der Waals surface area contributed by atoms with Crippen LogP contribution < -0.4 is 11.1 Å². The van der Waals surface area contributed by atoms with Gasteiger partial charge in [0, 0.05) is 5.38 Å². The van der Waals surface area contributed by atoms with Gasteiger partial charge >= 0.3 is 0 Å². The van der Waals surface area contributed by atoms with E-state index in [4.69, 9.17) is 5.73 Å². The van der Waals surface area contributed by atoms with E-state index in [0.29, 0.717) is 0 Å². The van der Waals surface area contributed by atoms with Crippen LogP contribution in [-0.2, 0) is 4.79 Å². The predicted molar refractivity (Wildman–Crippen MR) is 70.2 cm³/mol. The SMILES string of the molecule is Cl.NC1(C(=O)Nc2ccsc2)CCCCC1. The summed E-state index contributed by atoms with van der Waals surface area (Å²) < 4.78 is 0. The lowest BCUT2D eigenvalue weighted by molar-refractivity contribution is -0.122. The van der Waals surface area contributed by atoms with Crippen LogP contribution in [0.2, 0.25) is 0 Å². The second-order valence-corrected chi connectivity index (χ2v) is 4.96. The first-order chi connectivity index (χ1) is 7.21. The Hall–Kier alpha value is -0.580. The number of carbonyl (C=O) groups is 1. The molecular formula is C11H17ClN2OS. The molecule has 1 aromatic heterocycles. The first-order valence-electron chi connectivity index (χ1n) is 5.33. The highest BCUT2D eigenvalue weighted by Gasteiger charge is 2.35. The second-order valence-electron chi connectivity index (χ2n) is 4.18. The summed E-state index contributed by atoms with van der Waals surface area (Å²) in [6, 6.07) is 1.90. The highest BCUT2D eigenvalue weighted by atomic mass is 35.5. The molecule has 0 radical (unpaired) electrons. The lowest BCUT2D eigenvalue weighted by atomic mass is 9.82. The van der Waals surface area contributed by atoms with Gasteiger partial charge in [0.2, 0.25) is 5.91 Å². The van der Waals surface area contributed by atoms with Gasteiger partial charge in [0.1, 0.15) is 0 Å². The molecule has 1 aromatic rings. The van der Waals surface area contributed by atoms with Crippen molar-refractivity contribution in [3.05, 3.63) is 16.8 Å². The van der Waals surface area contributed by atoms with Gasteiger partial charge in [-0.3, -0.25) is 4.79 Å². The number of hydrogen-bond acceptors (Lipinski definition) is 3. The average Bonchev–Trinajstić information content (AvgIpc) is 2.71. The standard InChI is InChI=1S/C11H16N2OS.ClH/c12-11(5-2-1-3-6-11)10(14)13-9-4-7-15-8-9;/h4,7-8H,1-3,5-6,12H2,(H,13,14);1H. The molecule has 90 valence electrons. The van der Waals surface area contributed by atoms with Crippen LogP contribution >= 0.6 is 23.7 Å². The van der Waals surface area contributed by atoms with Crippen LogP contribution in [0.25, 0.3) is 0 Å². The second kappa shape index (κ2) is 5.66. The van der Waals surface area contributed by atoms with Crippen LogP contribution in [0, 0.1) is 0 Å². The van der Waals surface area contributed by atoms with Gasteiger partial charge in [-0.2, -0.15) is 11.3 Å². The van der Waals surface area contributed by atoms with Gasteiger partial charge in [-0.05, 0) is 24.3 Å². The molecule has 0 spiro atoms. The summed E-state index contributed by atoms with van der Waals surface area (Å²) in [4.78, 5) is 12.0. The van der Waals surface area contributed by atoms with E-state index < -0.39 is 5.54 Å². The Labute approximate surface area is 106 Å². The van der Waals surface area contributed by atoms with Crippen LogP contribution in [0.4, 0.5) is 5.69 Å². The molecule has 0 aromatic carbocycles. The van der Waals surface area contributed by atoms with Gasteiger partial charge < -0.3 is 11.1 Å². The molecule has 0 unspecified atom stereocenters. The molecule has 1 amide bonds. The van der Waals surface area contributed by atoms with Crippen molar-refractivity contribution in [3.63, 3.8) is 0 Å². The number of nitrogens with one attached hydrogen (secondary N) is 1. The zero-order valence-corrected chi connectivity index (χ0v) is 10.7. The summed E-state index contributed by atoms with van der Waals surface area (Å²) in [7, 11) is 0. The van der Waals surface area contributed by atoms with Crippen LogP contribution in [0.1, 0.15) is 32.1 Å². The van der Waals surface area contributed by atoms with Crippen molar-refractivity contribution < 1.29 is 4.79 Å². The maximum atomic E-state index is 12.0. The van der Waals surface area contributed by atoms with Crippen molar-refractivity contribution in [1.29, 1.82) is 0 Å². The molecule has 0 aliphatic heterocycles. The van der Waals surface area contributed by atoms with Crippen molar-refractivity contribution >= 4 is 35.3 Å². The summed E-state index contributed by atoms with van der Waals surface area (Å²) >= 11 is 1.57. The number of nitrogens with two attached hydrogens (primary N) is 1. The molecule has 0 saturated heterocycles. The number of amides is 1. The van der Waals surface area contributed by atoms with E-state index in [0.717, 1.165) is 31.4 Å². The van der Waals surface area contributed by atoms with Gasteiger partial charge in [-0.1, -0.05) is 19.3 Å². The molecule has 2 rings (SSSR count). The lowest BCUT2D eigenvalue weighted by Crippen LogP contribution is -2.52. The Bertz CT molecular complexity index is 334. The zero-order valence-electron chi connectivity index (χ0n) is 9.07. The third-order valence-electron chi connectivity index (χ3n) is 2.98. The molecule has 1 aliphatic rings. The minimum atomic E-state index is -0.639. The van der Waals surface area contributed by atoms with Crippen molar-refractivity contribution in [2.24, 2.45) is 5.73 Å². The van der Waals surface area contributed by atoms with Gasteiger partial charge in [0.05, 0.1) is 11.2 Å². The van der Waals surface area contributed by atoms with E-state index in [1.165, 1.54) is 6.42 Å². The summed E-state index contributed by atoms with van der Waals surface area (Å²) in [6.07, 6.45) is 4.94. The number of halogens is 1. The number of carbonyl (C=O) groups excluding carboxylic acids is 1. The normalized spacial score (nSPS) is 18.6. The summed E-state index contributed by atoms with van der Waals surface area (Å²) in [5, 5.41) is 6.74. The largest absolute Gasteiger partial charge is 0.324 e. The fourth-order valence-electron chi connectivity index (χ4n) is 2.00. The summed E-state index contributed by atoms with van der Waals surface area (Å²) in [5.74, 6) is -0.0272. The van der Waals surface area contributed by atoms with E-state index in [9.17, 15) is 4.79 Å². The Morgan fingerprint density at radius 2 is 2.06 bits per heavy atom. The number of anilines is 1. The molecule has 5 heteroatoms. The van der Waals surface area contributed by atoms with Crippen LogP contribution in [-0.4, -0.2) is 11.4 Å². The Morgan fingerprint density at radius 1 is 1.38 bits per heavy atom. The van der Waals surface area contributed by atoms with E-state index in [1.807, 2.05) is 16.8 Å². The molecule has 16 heavy (non-hydrogen) atoms. The molecule has 0 bridgehead atoms. The van der Waals surface area contributed by atoms with Crippen LogP contribution in [0.5, 0.6) is 0 Å². The molecular weight excluding hydrogens is 244 g/mol. The fourth-order valence-corrected chi connectivity index (χ4v) is 2.59. The first-order valence-corrected chi connectivity index (χ1v) is 6.27. The van der Waals surface area contributed by atoms with Gasteiger partial charge in [-0.25, -0.2) is 0 Å². The minimum absolute atomic E-state index is 0. The van der Waals surface area contributed by atoms with Crippen LogP contribution in [0.3, 0.4) is 0 Å².